The summed E-state index contributed by atoms with van der Waals surface area (Å²) in [4.78, 5) is 11.5. The summed E-state index contributed by atoms with van der Waals surface area (Å²) in [6.45, 7) is 8.22. The van der Waals surface area contributed by atoms with Crippen LogP contribution in [0, 0.1) is 27.7 Å². The lowest BCUT2D eigenvalue weighted by atomic mass is 10.1. The summed E-state index contributed by atoms with van der Waals surface area (Å²) >= 11 is 0. The minimum absolute atomic E-state index is 0.277. The molecule has 0 spiro atoms. The molecule has 0 saturated carbocycles. The normalized spacial score (nSPS) is 10.6. The molecule has 0 aliphatic heterocycles. The van der Waals surface area contributed by atoms with E-state index >= 15 is 0 Å². The lowest BCUT2D eigenvalue weighted by molar-refractivity contribution is 0.120. The zero-order chi connectivity index (χ0) is 20.3. The average molecular weight is 380 g/mol. The van der Waals surface area contributed by atoms with Crippen LogP contribution in [0.4, 0.5) is 4.79 Å². The summed E-state index contributed by atoms with van der Waals surface area (Å²) in [7, 11) is 1.28. The molecule has 6 nitrogen and oxygen atoms in total. The zero-order valence-electron chi connectivity index (χ0n) is 16.8. The summed E-state index contributed by atoms with van der Waals surface area (Å²) in [5.74, 6) is 1.20. The minimum atomic E-state index is -0.753. The maximum Gasteiger partial charge on any atom is 0.513 e. The molecule has 0 radical (unpaired) electrons. The van der Waals surface area contributed by atoms with E-state index in [1.165, 1.54) is 7.11 Å². The summed E-state index contributed by atoms with van der Waals surface area (Å²) in [5.41, 5.74) is 5.81. The van der Waals surface area contributed by atoms with Gasteiger partial charge in [0.05, 0.1) is 18.5 Å². The maximum absolute atomic E-state index is 11.5. The van der Waals surface area contributed by atoms with E-state index in [9.17, 15) is 4.79 Å². The minimum Gasteiger partial charge on any atom is -0.488 e. The van der Waals surface area contributed by atoms with Gasteiger partial charge >= 0.3 is 6.16 Å². The molecule has 0 N–H and O–H groups in total. The van der Waals surface area contributed by atoms with Crippen molar-refractivity contribution in [3.8, 4) is 17.2 Å². The Morgan fingerprint density at radius 1 is 1.00 bits per heavy atom. The second kappa shape index (κ2) is 8.17. The van der Waals surface area contributed by atoms with Gasteiger partial charge in [0.1, 0.15) is 18.1 Å². The number of rotatable bonds is 5. The Bertz CT molecular complexity index is 1010. The van der Waals surface area contributed by atoms with Gasteiger partial charge in [0.2, 0.25) is 0 Å². The molecule has 146 valence electrons. The highest BCUT2D eigenvalue weighted by atomic mass is 16.7. The molecule has 3 aromatic rings. The lowest BCUT2D eigenvalue weighted by Crippen LogP contribution is -2.10. The molecular weight excluding hydrogens is 356 g/mol. The molecule has 28 heavy (non-hydrogen) atoms. The largest absolute Gasteiger partial charge is 0.513 e. The number of nitrogens with zero attached hydrogens (tertiary/aromatic N) is 2. The summed E-state index contributed by atoms with van der Waals surface area (Å²) in [6, 6.07) is 13.5. The fraction of sp³-hybridized carbons (Fsp3) is 0.273. The first-order valence-corrected chi connectivity index (χ1v) is 9.00. The van der Waals surface area contributed by atoms with Crippen LogP contribution in [0.5, 0.6) is 11.5 Å². The van der Waals surface area contributed by atoms with Crippen molar-refractivity contribution in [1.29, 1.82) is 0 Å². The van der Waals surface area contributed by atoms with Crippen LogP contribution in [0.15, 0.2) is 42.5 Å². The molecule has 0 atom stereocenters. The quantitative estimate of drug-likeness (QED) is 0.469. The van der Waals surface area contributed by atoms with E-state index in [0.29, 0.717) is 5.75 Å². The van der Waals surface area contributed by atoms with Gasteiger partial charge in [0.15, 0.2) is 0 Å². The Morgan fingerprint density at radius 3 is 2.43 bits per heavy atom. The SMILES string of the molecule is COC(=O)Oc1cccc(C)c1COc1ccc(-n2nc(C)cc2C)cc1C. The van der Waals surface area contributed by atoms with E-state index in [4.69, 9.17) is 9.47 Å². The number of ether oxygens (including phenoxy) is 3. The van der Waals surface area contributed by atoms with Gasteiger partial charge in [-0.25, -0.2) is 9.48 Å². The van der Waals surface area contributed by atoms with Crippen LogP contribution < -0.4 is 9.47 Å². The molecular formula is C22H24N2O4. The van der Waals surface area contributed by atoms with Crippen LogP contribution in [0.2, 0.25) is 0 Å². The molecule has 0 aliphatic rings. The molecule has 0 unspecified atom stereocenters. The van der Waals surface area contributed by atoms with E-state index in [-0.39, 0.29) is 6.61 Å². The van der Waals surface area contributed by atoms with E-state index < -0.39 is 6.16 Å². The Labute approximate surface area is 164 Å². The first kappa shape index (κ1) is 19.5. The van der Waals surface area contributed by atoms with E-state index in [2.05, 4.69) is 9.84 Å². The standard InChI is InChI=1S/C22H24N2O4/c1-14-7-6-8-21(28-22(25)26-5)19(14)13-27-20-10-9-18(11-15(20)2)24-17(4)12-16(3)23-24/h6-12H,13H2,1-5H3. The van der Waals surface area contributed by atoms with Crippen molar-refractivity contribution in [2.75, 3.05) is 7.11 Å². The zero-order valence-corrected chi connectivity index (χ0v) is 16.8. The van der Waals surface area contributed by atoms with Crippen LogP contribution in [-0.4, -0.2) is 23.0 Å². The molecule has 0 amide bonds. The van der Waals surface area contributed by atoms with Gasteiger partial charge in [0, 0.05) is 11.3 Å². The highest BCUT2D eigenvalue weighted by Crippen LogP contribution is 2.27. The molecule has 0 bridgehead atoms. The van der Waals surface area contributed by atoms with E-state index in [1.54, 1.807) is 6.07 Å². The Balaban J connectivity index is 1.80. The van der Waals surface area contributed by atoms with Crippen molar-refractivity contribution in [3.63, 3.8) is 0 Å². The predicted molar refractivity (Wildman–Crippen MR) is 106 cm³/mol. The van der Waals surface area contributed by atoms with Gasteiger partial charge in [0.25, 0.3) is 0 Å². The van der Waals surface area contributed by atoms with Crippen LogP contribution in [0.1, 0.15) is 28.1 Å². The molecule has 2 aromatic carbocycles. The summed E-state index contributed by atoms with van der Waals surface area (Å²) < 4.78 is 17.8. The van der Waals surface area contributed by atoms with Crippen LogP contribution in [-0.2, 0) is 11.3 Å². The Hall–Kier alpha value is -3.28. The Kier molecular flexibility index (Phi) is 5.68. The van der Waals surface area contributed by atoms with Crippen LogP contribution >= 0.6 is 0 Å². The van der Waals surface area contributed by atoms with Gasteiger partial charge in [-0.2, -0.15) is 5.10 Å². The monoisotopic (exact) mass is 380 g/mol. The van der Waals surface area contributed by atoms with Crippen LogP contribution in [0.3, 0.4) is 0 Å². The predicted octanol–water partition coefficient (Wildman–Crippen LogP) is 4.83. The first-order valence-electron chi connectivity index (χ1n) is 9.00. The number of aryl methyl sites for hydroxylation is 4. The maximum atomic E-state index is 11.5. The summed E-state index contributed by atoms with van der Waals surface area (Å²) in [6.07, 6.45) is -0.753. The van der Waals surface area contributed by atoms with Crippen molar-refractivity contribution in [2.45, 2.75) is 34.3 Å². The molecule has 0 saturated heterocycles. The second-order valence-corrected chi connectivity index (χ2v) is 6.69. The molecule has 1 heterocycles. The Morgan fingerprint density at radius 2 is 1.79 bits per heavy atom. The topological polar surface area (TPSA) is 62.6 Å². The van der Waals surface area contributed by atoms with Crippen molar-refractivity contribution in [2.24, 2.45) is 0 Å². The van der Waals surface area contributed by atoms with Crippen molar-refractivity contribution in [1.82, 2.24) is 9.78 Å². The van der Waals surface area contributed by atoms with Gasteiger partial charge in [-0.15, -0.1) is 0 Å². The third kappa shape index (κ3) is 4.17. The molecule has 6 heteroatoms. The van der Waals surface area contributed by atoms with E-state index in [1.807, 2.05) is 68.8 Å². The number of hydrogen-bond acceptors (Lipinski definition) is 5. The fourth-order valence-electron chi connectivity index (χ4n) is 3.05. The smallest absolute Gasteiger partial charge is 0.488 e. The van der Waals surface area contributed by atoms with E-state index in [0.717, 1.165) is 39.5 Å². The number of methoxy groups -OCH3 is 1. The third-order valence-electron chi connectivity index (χ3n) is 4.51. The number of hydrogen-bond donors (Lipinski definition) is 0. The van der Waals surface area contributed by atoms with Gasteiger partial charge in [-0.1, -0.05) is 12.1 Å². The fourth-order valence-corrected chi connectivity index (χ4v) is 3.05. The number of aromatic nitrogens is 2. The van der Waals surface area contributed by atoms with Gasteiger partial charge < -0.3 is 14.2 Å². The molecule has 0 fully saturated rings. The van der Waals surface area contributed by atoms with Crippen LogP contribution in [0.25, 0.3) is 5.69 Å². The van der Waals surface area contributed by atoms with Crippen molar-refractivity contribution < 1.29 is 19.0 Å². The van der Waals surface area contributed by atoms with Gasteiger partial charge in [-0.3, -0.25) is 0 Å². The third-order valence-corrected chi connectivity index (χ3v) is 4.51. The van der Waals surface area contributed by atoms with Crippen molar-refractivity contribution >= 4 is 6.16 Å². The first-order chi connectivity index (χ1) is 13.4. The number of carbonyl (C=O) groups is 1. The highest BCUT2D eigenvalue weighted by molar-refractivity contribution is 5.64. The molecule has 3 rings (SSSR count). The molecule has 1 aromatic heterocycles. The number of benzene rings is 2. The lowest BCUT2D eigenvalue weighted by Gasteiger charge is -2.15. The average Bonchev–Trinajstić information content (AvgIpc) is 3.00. The highest BCUT2D eigenvalue weighted by Gasteiger charge is 2.13. The summed E-state index contributed by atoms with van der Waals surface area (Å²) in [5, 5.41) is 4.52. The van der Waals surface area contributed by atoms with Crippen molar-refractivity contribution in [3.05, 3.63) is 70.5 Å². The second-order valence-electron chi connectivity index (χ2n) is 6.69. The molecule has 0 aliphatic carbocycles. The number of carbonyl (C=O) groups excluding carboxylic acids is 1. The van der Waals surface area contributed by atoms with Gasteiger partial charge in [-0.05, 0) is 69.2 Å².